The Hall–Kier alpha value is -3.66. The number of benzene rings is 2. The van der Waals surface area contributed by atoms with Crippen LogP contribution in [-0.4, -0.2) is 10.9 Å². The molecule has 138 valence electrons. The quantitative estimate of drug-likeness (QED) is 0.506. The molecule has 0 aliphatic heterocycles. The van der Waals surface area contributed by atoms with Crippen molar-refractivity contribution in [2.24, 2.45) is 0 Å². The summed E-state index contributed by atoms with van der Waals surface area (Å²) in [4.78, 5) is 16.8. The van der Waals surface area contributed by atoms with Crippen LogP contribution in [0, 0.1) is 6.92 Å². The van der Waals surface area contributed by atoms with Crippen molar-refractivity contribution < 1.29 is 9.21 Å². The van der Waals surface area contributed by atoms with E-state index in [1.807, 2.05) is 67.6 Å². The van der Waals surface area contributed by atoms with Crippen molar-refractivity contribution in [2.45, 2.75) is 13.3 Å². The molecule has 4 rings (SSSR count). The topological polar surface area (TPSA) is 55.1 Å². The fraction of sp³-hybridized carbons (Fsp3) is 0.0833. The molecule has 0 spiro atoms. The minimum absolute atomic E-state index is 0.256. The Labute approximate surface area is 163 Å². The van der Waals surface area contributed by atoms with Gasteiger partial charge in [0.1, 0.15) is 11.6 Å². The van der Waals surface area contributed by atoms with Crippen molar-refractivity contribution in [3.8, 4) is 11.3 Å². The Bertz CT molecular complexity index is 1100. The maximum Gasteiger partial charge on any atom is 0.292 e. The van der Waals surface area contributed by atoms with Crippen molar-refractivity contribution in [2.75, 3.05) is 5.32 Å². The van der Waals surface area contributed by atoms with Crippen LogP contribution < -0.4 is 5.32 Å². The normalized spacial score (nSPS) is 10.6. The van der Waals surface area contributed by atoms with Gasteiger partial charge < -0.3 is 9.73 Å². The molecule has 4 aromatic rings. The molecule has 2 heterocycles. The van der Waals surface area contributed by atoms with E-state index in [9.17, 15) is 4.79 Å². The molecule has 1 amide bonds. The second-order valence-corrected chi connectivity index (χ2v) is 6.70. The third-order valence-corrected chi connectivity index (χ3v) is 4.45. The average Bonchev–Trinajstić information content (AvgIpc) is 3.20. The SMILES string of the molecule is Cc1cccc(-c2ccc(C(=O)Nc3cc(Cc4ccccc4)ccn3)o2)c1. The largest absolute Gasteiger partial charge is 0.451 e. The van der Waals surface area contributed by atoms with Crippen LogP contribution in [0.25, 0.3) is 11.3 Å². The van der Waals surface area contributed by atoms with Crippen molar-refractivity contribution in [3.63, 3.8) is 0 Å². The summed E-state index contributed by atoms with van der Waals surface area (Å²) in [6.45, 7) is 2.02. The number of furan rings is 1. The van der Waals surface area contributed by atoms with Gasteiger partial charge in [0.25, 0.3) is 5.91 Å². The van der Waals surface area contributed by atoms with Crippen LogP contribution in [0.5, 0.6) is 0 Å². The Kier molecular flexibility index (Phi) is 5.02. The molecule has 0 saturated carbocycles. The number of rotatable bonds is 5. The molecule has 0 fully saturated rings. The molecule has 0 radical (unpaired) electrons. The van der Waals surface area contributed by atoms with Gasteiger partial charge in [0.15, 0.2) is 5.76 Å². The molecule has 0 atom stereocenters. The number of nitrogens with zero attached hydrogens (tertiary/aromatic N) is 1. The highest BCUT2D eigenvalue weighted by Crippen LogP contribution is 2.23. The van der Waals surface area contributed by atoms with Crippen LogP contribution in [0.4, 0.5) is 5.82 Å². The van der Waals surface area contributed by atoms with Gasteiger partial charge in [0.2, 0.25) is 0 Å². The second-order valence-electron chi connectivity index (χ2n) is 6.70. The number of amides is 1. The van der Waals surface area contributed by atoms with Gasteiger partial charge in [-0.05, 0) is 54.8 Å². The summed E-state index contributed by atoms with van der Waals surface area (Å²) in [6.07, 6.45) is 2.48. The first-order valence-corrected chi connectivity index (χ1v) is 9.14. The van der Waals surface area contributed by atoms with E-state index >= 15 is 0 Å². The maximum absolute atomic E-state index is 12.6. The van der Waals surface area contributed by atoms with Gasteiger partial charge in [0, 0.05) is 11.8 Å². The summed E-state index contributed by atoms with van der Waals surface area (Å²) >= 11 is 0. The first-order valence-electron chi connectivity index (χ1n) is 9.14. The summed E-state index contributed by atoms with van der Waals surface area (Å²) in [6, 6.07) is 25.5. The molecule has 2 aromatic carbocycles. The number of hydrogen-bond acceptors (Lipinski definition) is 3. The highest BCUT2D eigenvalue weighted by molar-refractivity contribution is 6.02. The van der Waals surface area contributed by atoms with Crippen LogP contribution in [0.1, 0.15) is 27.2 Å². The zero-order valence-corrected chi connectivity index (χ0v) is 15.6. The van der Waals surface area contributed by atoms with Gasteiger partial charge in [-0.25, -0.2) is 4.98 Å². The van der Waals surface area contributed by atoms with Gasteiger partial charge in [0.05, 0.1) is 0 Å². The van der Waals surface area contributed by atoms with Crippen LogP contribution in [-0.2, 0) is 6.42 Å². The number of carbonyl (C=O) groups excluding carboxylic acids is 1. The molecular formula is C24H20N2O2. The first kappa shape index (κ1) is 17.7. The highest BCUT2D eigenvalue weighted by atomic mass is 16.3. The smallest absolute Gasteiger partial charge is 0.292 e. The number of aromatic nitrogens is 1. The fourth-order valence-corrected chi connectivity index (χ4v) is 3.08. The van der Waals surface area contributed by atoms with E-state index in [1.54, 1.807) is 12.3 Å². The summed E-state index contributed by atoms with van der Waals surface area (Å²) in [5, 5.41) is 2.82. The molecule has 0 aliphatic rings. The van der Waals surface area contributed by atoms with Crippen molar-refractivity contribution in [1.29, 1.82) is 0 Å². The maximum atomic E-state index is 12.6. The number of pyridine rings is 1. The number of aryl methyl sites for hydroxylation is 1. The monoisotopic (exact) mass is 368 g/mol. The molecule has 28 heavy (non-hydrogen) atoms. The van der Waals surface area contributed by atoms with Crippen molar-refractivity contribution >= 4 is 11.7 Å². The zero-order valence-electron chi connectivity index (χ0n) is 15.6. The van der Waals surface area contributed by atoms with Crippen molar-refractivity contribution in [1.82, 2.24) is 4.98 Å². The highest BCUT2D eigenvalue weighted by Gasteiger charge is 2.13. The van der Waals surface area contributed by atoms with E-state index < -0.39 is 0 Å². The number of hydrogen-bond donors (Lipinski definition) is 1. The summed E-state index contributed by atoms with van der Waals surface area (Å²) < 4.78 is 5.74. The fourth-order valence-electron chi connectivity index (χ4n) is 3.08. The Morgan fingerprint density at radius 3 is 2.61 bits per heavy atom. The Balaban J connectivity index is 1.47. The molecule has 4 heteroatoms. The van der Waals surface area contributed by atoms with Gasteiger partial charge in [-0.2, -0.15) is 0 Å². The number of carbonyl (C=O) groups is 1. The predicted molar refractivity (Wildman–Crippen MR) is 110 cm³/mol. The molecule has 4 nitrogen and oxygen atoms in total. The zero-order chi connectivity index (χ0) is 19.3. The van der Waals surface area contributed by atoms with E-state index in [-0.39, 0.29) is 11.7 Å². The average molecular weight is 368 g/mol. The molecule has 0 unspecified atom stereocenters. The summed E-state index contributed by atoms with van der Waals surface area (Å²) in [7, 11) is 0. The van der Waals surface area contributed by atoms with Crippen LogP contribution in [0.3, 0.4) is 0 Å². The molecule has 0 aliphatic carbocycles. The standard InChI is InChI=1S/C24H20N2O2/c1-17-6-5-9-20(14-17)21-10-11-22(28-21)24(27)26-23-16-19(12-13-25-23)15-18-7-3-2-4-8-18/h2-14,16H,15H2,1H3,(H,25,26,27). The van der Waals surface area contributed by atoms with Crippen molar-refractivity contribution in [3.05, 3.63) is 108 Å². The van der Waals surface area contributed by atoms with Gasteiger partial charge in [-0.15, -0.1) is 0 Å². The first-order chi connectivity index (χ1) is 13.7. The third kappa shape index (κ3) is 4.18. The lowest BCUT2D eigenvalue weighted by atomic mass is 10.1. The van der Waals surface area contributed by atoms with Gasteiger partial charge >= 0.3 is 0 Å². The molecule has 1 N–H and O–H groups in total. The number of anilines is 1. The lowest BCUT2D eigenvalue weighted by Gasteiger charge is -2.06. The minimum atomic E-state index is -0.316. The predicted octanol–water partition coefficient (Wildman–Crippen LogP) is 5.49. The Morgan fingerprint density at radius 1 is 0.929 bits per heavy atom. The molecule has 0 saturated heterocycles. The lowest BCUT2D eigenvalue weighted by Crippen LogP contribution is -2.12. The minimum Gasteiger partial charge on any atom is -0.451 e. The van der Waals surface area contributed by atoms with Crippen LogP contribution in [0.2, 0.25) is 0 Å². The van der Waals surface area contributed by atoms with E-state index in [4.69, 9.17) is 4.42 Å². The Morgan fingerprint density at radius 2 is 1.79 bits per heavy atom. The van der Waals surface area contributed by atoms with E-state index in [0.717, 1.165) is 23.1 Å². The summed E-state index contributed by atoms with van der Waals surface area (Å²) in [5.74, 6) is 1.11. The molecule has 0 bridgehead atoms. The van der Waals surface area contributed by atoms with E-state index in [1.165, 1.54) is 5.56 Å². The van der Waals surface area contributed by atoms with E-state index in [2.05, 4.69) is 22.4 Å². The third-order valence-electron chi connectivity index (χ3n) is 4.45. The summed E-state index contributed by atoms with van der Waals surface area (Å²) in [5.41, 5.74) is 4.37. The second kappa shape index (κ2) is 7.92. The van der Waals surface area contributed by atoms with E-state index in [0.29, 0.717) is 11.6 Å². The van der Waals surface area contributed by atoms with Crippen LogP contribution >= 0.6 is 0 Å². The lowest BCUT2D eigenvalue weighted by molar-refractivity contribution is 0.0997. The van der Waals surface area contributed by atoms with Gasteiger partial charge in [-0.3, -0.25) is 4.79 Å². The van der Waals surface area contributed by atoms with Crippen LogP contribution in [0.15, 0.2) is 89.5 Å². The van der Waals surface area contributed by atoms with Gasteiger partial charge in [-0.1, -0.05) is 54.1 Å². The molecule has 2 aromatic heterocycles. The number of nitrogens with one attached hydrogen (secondary N) is 1. The molecular weight excluding hydrogens is 348 g/mol.